The highest BCUT2D eigenvalue weighted by Crippen LogP contribution is 2.27. The number of rotatable bonds is 5. The minimum atomic E-state index is -0.594. The number of aromatic nitrogens is 1. The van der Waals surface area contributed by atoms with Gasteiger partial charge in [0.05, 0.1) is 23.9 Å². The second-order valence-corrected chi connectivity index (χ2v) is 8.31. The summed E-state index contributed by atoms with van der Waals surface area (Å²) in [5, 5.41) is 13.8. The summed E-state index contributed by atoms with van der Waals surface area (Å²) >= 11 is 12.0. The van der Waals surface area contributed by atoms with Crippen LogP contribution in [0.5, 0.6) is 0 Å². The number of para-hydroxylation sites is 1. The van der Waals surface area contributed by atoms with Gasteiger partial charge in [-0.3, -0.25) is 9.59 Å². The Kier molecular flexibility index (Phi) is 6.99. The number of hydrogen-bond donors (Lipinski definition) is 1. The SMILES string of the molecule is N#CC(=Cc1cn(CC(=O)N2CCOCC2)c2ccccc12)C(=O)Nc1ccc(Cl)cc1Cl. The number of amides is 2. The lowest BCUT2D eigenvalue weighted by molar-refractivity contribution is -0.135. The van der Waals surface area contributed by atoms with E-state index in [0.717, 1.165) is 10.9 Å². The molecule has 1 aliphatic rings. The van der Waals surface area contributed by atoms with Crippen molar-refractivity contribution in [1.82, 2.24) is 9.47 Å². The van der Waals surface area contributed by atoms with E-state index in [1.807, 2.05) is 34.9 Å². The van der Waals surface area contributed by atoms with Crippen molar-refractivity contribution in [2.75, 3.05) is 31.6 Å². The third-order valence-corrected chi connectivity index (χ3v) is 5.88. The number of morpholine rings is 1. The maximum atomic E-state index is 12.8. The Morgan fingerprint density at radius 1 is 1.15 bits per heavy atom. The smallest absolute Gasteiger partial charge is 0.266 e. The van der Waals surface area contributed by atoms with E-state index in [2.05, 4.69) is 5.32 Å². The number of carbonyl (C=O) groups excluding carboxylic acids is 2. The Balaban J connectivity index is 1.62. The van der Waals surface area contributed by atoms with Gasteiger partial charge in [0.2, 0.25) is 5.91 Å². The quantitative estimate of drug-likeness (QED) is 0.432. The van der Waals surface area contributed by atoms with Crippen LogP contribution < -0.4 is 5.32 Å². The summed E-state index contributed by atoms with van der Waals surface area (Å²) in [6, 6.07) is 14.2. The Hall–Kier alpha value is -3.31. The van der Waals surface area contributed by atoms with Gasteiger partial charge < -0.3 is 19.5 Å². The molecule has 0 radical (unpaired) electrons. The monoisotopic (exact) mass is 482 g/mol. The molecule has 0 spiro atoms. The Morgan fingerprint density at radius 3 is 2.64 bits per heavy atom. The van der Waals surface area contributed by atoms with Crippen molar-refractivity contribution in [3.05, 3.63) is 69.8 Å². The van der Waals surface area contributed by atoms with Gasteiger partial charge in [0, 0.05) is 40.8 Å². The zero-order valence-electron chi connectivity index (χ0n) is 17.6. The predicted octanol–water partition coefficient (Wildman–Crippen LogP) is 4.35. The molecule has 1 aromatic heterocycles. The van der Waals surface area contributed by atoms with E-state index in [1.54, 1.807) is 23.2 Å². The van der Waals surface area contributed by atoms with E-state index in [9.17, 15) is 14.9 Å². The topological polar surface area (TPSA) is 87.4 Å². The molecule has 2 amide bonds. The standard InChI is InChI=1S/C24H20Cl2N4O3/c25-18-5-6-21(20(26)12-18)28-24(32)16(13-27)11-17-14-30(22-4-2-1-3-19(17)22)15-23(31)29-7-9-33-10-8-29/h1-6,11-12,14H,7-10,15H2,(H,28,32). The lowest BCUT2D eigenvalue weighted by atomic mass is 10.1. The number of benzene rings is 2. The minimum absolute atomic E-state index is 0.00906. The van der Waals surface area contributed by atoms with Crippen LogP contribution in [0.15, 0.2) is 54.2 Å². The van der Waals surface area contributed by atoms with Crippen molar-refractivity contribution < 1.29 is 14.3 Å². The van der Waals surface area contributed by atoms with Crippen molar-refractivity contribution >= 4 is 57.7 Å². The van der Waals surface area contributed by atoms with Crippen LogP contribution >= 0.6 is 23.2 Å². The fourth-order valence-corrected chi connectivity index (χ4v) is 4.12. The third-order valence-electron chi connectivity index (χ3n) is 5.33. The molecule has 2 heterocycles. The highest BCUT2D eigenvalue weighted by atomic mass is 35.5. The normalized spacial score (nSPS) is 14.2. The van der Waals surface area contributed by atoms with Crippen molar-refractivity contribution in [2.24, 2.45) is 0 Å². The van der Waals surface area contributed by atoms with Crippen molar-refractivity contribution in [1.29, 1.82) is 5.26 Å². The van der Waals surface area contributed by atoms with Crippen LogP contribution in [0.2, 0.25) is 10.0 Å². The summed E-state index contributed by atoms with van der Waals surface area (Å²) in [5.74, 6) is -0.604. The van der Waals surface area contributed by atoms with Crippen LogP contribution in [0.3, 0.4) is 0 Å². The maximum absolute atomic E-state index is 12.8. The Labute approximate surface area is 200 Å². The number of carbonyl (C=O) groups is 2. The van der Waals surface area contributed by atoms with Gasteiger partial charge in [-0.05, 0) is 30.3 Å². The van der Waals surface area contributed by atoms with E-state index in [1.165, 1.54) is 12.1 Å². The molecule has 7 nitrogen and oxygen atoms in total. The molecule has 1 aliphatic heterocycles. The predicted molar refractivity (Wildman–Crippen MR) is 128 cm³/mol. The molecule has 0 saturated carbocycles. The second-order valence-electron chi connectivity index (χ2n) is 7.47. The van der Waals surface area contributed by atoms with Gasteiger partial charge in [-0.2, -0.15) is 5.26 Å². The molecule has 1 N–H and O–H groups in total. The largest absolute Gasteiger partial charge is 0.378 e. The maximum Gasteiger partial charge on any atom is 0.266 e. The number of ether oxygens (including phenoxy) is 1. The molecule has 0 aliphatic carbocycles. The molecule has 0 unspecified atom stereocenters. The first-order valence-corrected chi connectivity index (χ1v) is 11.0. The van der Waals surface area contributed by atoms with Gasteiger partial charge in [-0.25, -0.2) is 0 Å². The van der Waals surface area contributed by atoms with E-state index in [0.29, 0.717) is 42.6 Å². The fraction of sp³-hybridized carbons (Fsp3) is 0.208. The number of halogens is 2. The number of hydrogen-bond acceptors (Lipinski definition) is 4. The summed E-state index contributed by atoms with van der Waals surface area (Å²) in [7, 11) is 0. The molecule has 168 valence electrons. The number of nitriles is 1. The molecule has 4 rings (SSSR count). The molecule has 0 bridgehead atoms. The van der Waals surface area contributed by atoms with Gasteiger partial charge in [-0.1, -0.05) is 41.4 Å². The first kappa shape index (κ1) is 22.9. The third kappa shape index (κ3) is 5.20. The highest BCUT2D eigenvalue weighted by molar-refractivity contribution is 6.37. The lowest BCUT2D eigenvalue weighted by Crippen LogP contribution is -2.42. The summed E-state index contributed by atoms with van der Waals surface area (Å²) in [6.45, 7) is 2.35. The lowest BCUT2D eigenvalue weighted by Gasteiger charge is -2.27. The fourth-order valence-electron chi connectivity index (χ4n) is 3.66. The summed E-state index contributed by atoms with van der Waals surface area (Å²) in [5.41, 5.74) is 1.76. The van der Waals surface area contributed by atoms with Crippen molar-refractivity contribution in [3.8, 4) is 6.07 Å². The van der Waals surface area contributed by atoms with Crippen LogP contribution in [-0.4, -0.2) is 47.6 Å². The van der Waals surface area contributed by atoms with E-state index in [-0.39, 0.29) is 23.0 Å². The van der Waals surface area contributed by atoms with Crippen LogP contribution in [0.25, 0.3) is 17.0 Å². The summed E-state index contributed by atoms with van der Waals surface area (Å²) in [4.78, 5) is 27.3. The van der Waals surface area contributed by atoms with Crippen LogP contribution in [0, 0.1) is 11.3 Å². The molecule has 9 heteroatoms. The first-order valence-electron chi connectivity index (χ1n) is 10.3. The van der Waals surface area contributed by atoms with Crippen LogP contribution in [0.1, 0.15) is 5.56 Å². The van der Waals surface area contributed by atoms with Crippen molar-refractivity contribution in [2.45, 2.75) is 6.54 Å². The molecule has 33 heavy (non-hydrogen) atoms. The number of nitrogens with one attached hydrogen (secondary N) is 1. The second kappa shape index (κ2) is 10.1. The van der Waals surface area contributed by atoms with E-state index >= 15 is 0 Å². The van der Waals surface area contributed by atoms with Gasteiger partial charge in [0.1, 0.15) is 18.2 Å². The van der Waals surface area contributed by atoms with Gasteiger partial charge in [0.15, 0.2) is 0 Å². The van der Waals surface area contributed by atoms with Crippen LogP contribution in [-0.2, 0) is 20.9 Å². The number of fused-ring (bicyclic) bond motifs is 1. The molecule has 3 aromatic rings. The van der Waals surface area contributed by atoms with E-state index in [4.69, 9.17) is 27.9 Å². The average molecular weight is 483 g/mol. The van der Waals surface area contributed by atoms with Gasteiger partial charge >= 0.3 is 0 Å². The molecular weight excluding hydrogens is 463 g/mol. The Bertz CT molecular complexity index is 1290. The zero-order chi connectivity index (χ0) is 23.4. The summed E-state index contributed by atoms with van der Waals surface area (Å²) < 4.78 is 7.15. The zero-order valence-corrected chi connectivity index (χ0v) is 19.1. The molecule has 1 saturated heterocycles. The number of nitrogens with zero attached hydrogens (tertiary/aromatic N) is 3. The van der Waals surface area contributed by atoms with Gasteiger partial charge in [-0.15, -0.1) is 0 Å². The molecular formula is C24H20Cl2N4O3. The van der Waals surface area contributed by atoms with Crippen molar-refractivity contribution in [3.63, 3.8) is 0 Å². The Morgan fingerprint density at radius 2 is 1.91 bits per heavy atom. The van der Waals surface area contributed by atoms with Gasteiger partial charge in [0.25, 0.3) is 5.91 Å². The number of anilines is 1. The highest BCUT2D eigenvalue weighted by Gasteiger charge is 2.19. The molecule has 1 fully saturated rings. The molecule has 2 aromatic carbocycles. The minimum Gasteiger partial charge on any atom is -0.378 e. The first-order chi connectivity index (χ1) is 16.0. The van der Waals surface area contributed by atoms with Crippen LogP contribution in [0.4, 0.5) is 5.69 Å². The molecule has 0 atom stereocenters. The van der Waals surface area contributed by atoms with E-state index < -0.39 is 5.91 Å². The average Bonchev–Trinajstić information content (AvgIpc) is 3.17. The summed E-state index contributed by atoms with van der Waals surface area (Å²) in [6.07, 6.45) is 3.29.